The predicted molar refractivity (Wildman–Crippen MR) is 118 cm³/mol. The van der Waals surface area contributed by atoms with Gasteiger partial charge in [0.15, 0.2) is 12.2 Å². The first-order chi connectivity index (χ1) is 16.3. The molecule has 2 unspecified atom stereocenters. The molecule has 35 heavy (non-hydrogen) atoms. The lowest BCUT2D eigenvalue weighted by Gasteiger charge is -2.22. The van der Waals surface area contributed by atoms with E-state index in [1.807, 2.05) is 0 Å². The van der Waals surface area contributed by atoms with Crippen LogP contribution in [0.15, 0.2) is 0 Å². The standard InChI is InChI=1S/C22H38O13/c1-13(23)5-19(27)32-11-17(34-21(29)7-15(3)25)9-31-10-18(35-22(30)8-16(4)26)12-33-20(28)6-14(2)24/h13-18,23-26H,5-12H2,1-4H3/t13-,14+,15-,16-,17?,18?/m1/s1. The number of rotatable bonds is 18. The Hall–Kier alpha value is -2.32. The van der Waals surface area contributed by atoms with Crippen LogP contribution < -0.4 is 0 Å². The molecule has 0 aromatic rings. The number of ether oxygens (including phenoxy) is 5. The Morgan fingerprint density at radius 1 is 0.514 bits per heavy atom. The first-order valence-corrected chi connectivity index (χ1v) is 11.3. The van der Waals surface area contributed by atoms with Crippen molar-refractivity contribution in [3.05, 3.63) is 0 Å². The third-order valence-electron chi connectivity index (χ3n) is 3.91. The van der Waals surface area contributed by atoms with E-state index in [4.69, 9.17) is 23.7 Å². The zero-order chi connectivity index (χ0) is 27.0. The predicted octanol–water partition coefficient (Wildman–Crippen LogP) is -1.00. The van der Waals surface area contributed by atoms with Crippen LogP contribution in [0.25, 0.3) is 0 Å². The zero-order valence-electron chi connectivity index (χ0n) is 20.6. The smallest absolute Gasteiger partial charge is 0.308 e. The molecule has 0 radical (unpaired) electrons. The Morgan fingerprint density at radius 3 is 1.09 bits per heavy atom. The minimum absolute atomic E-state index is 0.270. The molecule has 0 aliphatic heterocycles. The Morgan fingerprint density at radius 2 is 0.800 bits per heavy atom. The highest BCUT2D eigenvalue weighted by Crippen LogP contribution is 2.06. The molecular weight excluding hydrogens is 472 g/mol. The van der Waals surface area contributed by atoms with Crippen LogP contribution in [0.4, 0.5) is 0 Å². The molecule has 0 saturated carbocycles. The molecule has 204 valence electrons. The second kappa shape index (κ2) is 18.0. The molecule has 0 amide bonds. The van der Waals surface area contributed by atoms with Gasteiger partial charge in [-0.3, -0.25) is 19.2 Å². The molecule has 0 aliphatic rings. The second-order valence-corrected chi connectivity index (χ2v) is 8.34. The average molecular weight is 511 g/mol. The van der Waals surface area contributed by atoms with Gasteiger partial charge < -0.3 is 44.1 Å². The minimum Gasteiger partial charge on any atom is -0.462 e. The number of hydrogen-bond donors (Lipinski definition) is 4. The summed E-state index contributed by atoms with van der Waals surface area (Å²) in [5.41, 5.74) is 0. The van der Waals surface area contributed by atoms with Gasteiger partial charge >= 0.3 is 23.9 Å². The summed E-state index contributed by atoms with van der Waals surface area (Å²) in [5, 5.41) is 37.2. The van der Waals surface area contributed by atoms with E-state index in [1.165, 1.54) is 27.7 Å². The quantitative estimate of drug-likeness (QED) is 0.130. The Bertz CT molecular complexity index is 591. The van der Waals surface area contributed by atoms with E-state index < -0.39 is 73.7 Å². The highest BCUT2D eigenvalue weighted by Gasteiger charge is 2.23. The van der Waals surface area contributed by atoms with Gasteiger partial charge in [0, 0.05) is 0 Å². The molecule has 0 aromatic heterocycles. The van der Waals surface area contributed by atoms with Gasteiger partial charge in [-0.05, 0) is 27.7 Å². The van der Waals surface area contributed by atoms with Crippen LogP contribution in [0.5, 0.6) is 0 Å². The average Bonchev–Trinajstić information content (AvgIpc) is 2.67. The van der Waals surface area contributed by atoms with E-state index in [1.54, 1.807) is 0 Å². The molecule has 0 rings (SSSR count). The van der Waals surface area contributed by atoms with Crippen LogP contribution in [-0.4, -0.2) is 107 Å². The lowest BCUT2D eigenvalue weighted by molar-refractivity contribution is -0.170. The lowest BCUT2D eigenvalue weighted by Crippen LogP contribution is -2.35. The molecule has 0 spiro atoms. The molecule has 0 bridgehead atoms. The first kappa shape index (κ1) is 32.7. The van der Waals surface area contributed by atoms with Crippen molar-refractivity contribution in [1.29, 1.82) is 0 Å². The van der Waals surface area contributed by atoms with Crippen molar-refractivity contribution in [1.82, 2.24) is 0 Å². The number of carbonyl (C=O) groups is 4. The van der Waals surface area contributed by atoms with Crippen molar-refractivity contribution in [2.45, 2.75) is 90.0 Å². The third-order valence-corrected chi connectivity index (χ3v) is 3.91. The van der Waals surface area contributed by atoms with Gasteiger partial charge in [-0.1, -0.05) is 0 Å². The van der Waals surface area contributed by atoms with Gasteiger partial charge in [0.1, 0.15) is 13.2 Å². The van der Waals surface area contributed by atoms with E-state index in [9.17, 15) is 39.6 Å². The van der Waals surface area contributed by atoms with Crippen molar-refractivity contribution in [3.8, 4) is 0 Å². The lowest BCUT2D eigenvalue weighted by atomic mass is 10.3. The third kappa shape index (κ3) is 19.7. The fraction of sp³-hybridized carbons (Fsp3) is 0.818. The van der Waals surface area contributed by atoms with Crippen molar-refractivity contribution in [3.63, 3.8) is 0 Å². The van der Waals surface area contributed by atoms with Gasteiger partial charge in [-0.25, -0.2) is 0 Å². The minimum atomic E-state index is -1.08. The van der Waals surface area contributed by atoms with Gasteiger partial charge in [0.2, 0.25) is 0 Å². The van der Waals surface area contributed by atoms with Crippen LogP contribution in [0.1, 0.15) is 53.4 Å². The fourth-order valence-electron chi connectivity index (χ4n) is 2.49. The normalized spacial score (nSPS) is 16.2. The number of hydrogen-bond acceptors (Lipinski definition) is 13. The van der Waals surface area contributed by atoms with E-state index in [0.29, 0.717) is 0 Å². The molecule has 0 fully saturated rings. The first-order valence-electron chi connectivity index (χ1n) is 11.3. The summed E-state index contributed by atoms with van der Waals surface area (Å²) in [6, 6.07) is 0. The van der Waals surface area contributed by atoms with Crippen molar-refractivity contribution in [2.24, 2.45) is 0 Å². The summed E-state index contributed by atoms with van der Waals surface area (Å²) in [5.74, 6) is -3.00. The number of carbonyl (C=O) groups excluding carboxylic acids is 4. The maximum atomic E-state index is 11.9. The maximum Gasteiger partial charge on any atom is 0.308 e. The van der Waals surface area contributed by atoms with Crippen LogP contribution in [-0.2, 0) is 42.9 Å². The zero-order valence-corrected chi connectivity index (χ0v) is 20.6. The van der Waals surface area contributed by atoms with Crippen molar-refractivity contribution in [2.75, 3.05) is 26.4 Å². The topological polar surface area (TPSA) is 195 Å². The number of esters is 4. The molecule has 13 heteroatoms. The molecule has 13 nitrogen and oxygen atoms in total. The van der Waals surface area contributed by atoms with Crippen LogP contribution in [0, 0.1) is 0 Å². The van der Waals surface area contributed by atoms with Crippen LogP contribution >= 0.6 is 0 Å². The Labute approximate surface area is 204 Å². The van der Waals surface area contributed by atoms with Gasteiger partial charge in [0.05, 0.1) is 63.3 Å². The van der Waals surface area contributed by atoms with Gasteiger partial charge in [-0.2, -0.15) is 0 Å². The molecule has 0 saturated heterocycles. The summed E-state index contributed by atoms with van der Waals surface area (Å²) in [4.78, 5) is 47.2. The monoisotopic (exact) mass is 510 g/mol. The summed E-state index contributed by atoms with van der Waals surface area (Å²) >= 11 is 0. The van der Waals surface area contributed by atoms with Crippen LogP contribution in [0.3, 0.4) is 0 Å². The number of aliphatic hydroxyl groups excluding tert-OH is 4. The summed E-state index contributed by atoms with van der Waals surface area (Å²) in [6.07, 6.45) is -7.09. The van der Waals surface area contributed by atoms with E-state index in [-0.39, 0.29) is 38.9 Å². The molecular formula is C22H38O13. The second-order valence-electron chi connectivity index (χ2n) is 8.34. The van der Waals surface area contributed by atoms with E-state index in [2.05, 4.69) is 0 Å². The largest absolute Gasteiger partial charge is 0.462 e. The summed E-state index contributed by atoms with van der Waals surface area (Å²) < 4.78 is 25.7. The SMILES string of the molecule is C[C@H](O)CC(=O)OCC(COCC(COC(=O)C[C@@H](C)O)OC(=O)C[C@@H](C)O)OC(=O)C[C@@H](C)O. The van der Waals surface area contributed by atoms with Crippen LogP contribution in [0.2, 0.25) is 0 Å². The summed E-state index contributed by atoms with van der Waals surface area (Å²) in [6.45, 7) is 4.18. The maximum absolute atomic E-state index is 11.9. The van der Waals surface area contributed by atoms with E-state index in [0.717, 1.165) is 0 Å². The van der Waals surface area contributed by atoms with Crippen molar-refractivity contribution >= 4 is 23.9 Å². The highest BCUT2D eigenvalue weighted by atomic mass is 16.6. The Balaban J connectivity index is 5.01. The fourth-order valence-corrected chi connectivity index (χ4v) is 2.49. The number of aliphatic hydroxyl groups is 4. The highest BCUT2D eigenvalue weighted by molar-refractivity contribution is 5.71. The Kier molecular flexibility index (Phi) is 16.8. The van der Waals surface area contributed by atoms with Gasteiger partial charge in [-0.15, -0.1) is 0 Å². The molecule has 0 aromatic carbocycles. The molecule has 0 aliphatic carbocycles. The van der Waals surface area contributed by atoms with Gasteiger partial charge in [0.25, 0.3) is 0 Å². The molecule has 4 N–H and O–H groups in total. The van der Waals surface area contributed by atoms with E-state index >= 15 is 0 Å². The molecule has 0 heterocycles. The molecule has 6 atom stereocenters. The van der Waals surface area contributed by atoms with Crippen molar-refractivity contribution < 1.29 is 63.3 Å². The summed E-state index contributed by atoms with van der Waals surface area (Å²) in [7, 11) is 0.